The molecule has 8 nitrogen and oxygen atoms in total. The maximum atomic E-state index is 12.4. The highest BCUT2D eigenvalue weighted by Crippen LogP contribution is 2.09. The van der Waals surface area contributed by atoms with Crippen molar-refractivity contribution in [3.63, 3.8) is 0 Å². The topological polar surface area (TPSA) is 92.8 Å². The van der Waals surface area contributed by atoms with Gasteiger partial charge in [-0.25, -0.2) is 9.97 Å². The molecule has 2 N–H and O–H groups in total. The second kappa shape index (κ2) is 8.35. The standard InChI is InChI=1S/C24H20N6O2/c31-23(19-5-7-21-11-25-15-29(21)13-19)27-9-17-1-2-18(4-3-17)10-28-24(32)20-6-8-22-12-26-16-30(22)14-20/h1-8,11-16H,9-10H2,(H,27,31)(H,28,32). The number of rotatable bonds is 6. The maximum absolute atomic E-state index is 12.4. The van der Waals surface area contributed by atoms with Crippen LogP contribution in [0.3, 0.4) is 0 Å². The van der Waals surface area contributed by atoms with Crippen LogP contribution < -0.4 is 10.6 Å². The van der Waals surface area contributed by atoms with Crippen LogP contribution in [0.4, 0.5) is 0 Å². The Balaban J connectivity index is 1.15. The fourth-order valence-corrected chi connectivity index (χ4v) is 3.45. The van der Waals surface area contributed by atoms with E-state index in [1.54, 1.807) is 49.6 Å². The molecule has 32 heavy (non-hydrogen) atoms. The smallest absolute Gasteiger partial charge is 0.253 e. The summed E-state index contributed by atoms with van der Waals surface area (Å²) >= 11 is 0. The third-order valence-electron chi connectivity index (χ3n) is 5.27. The van der Waals surface area contributed by atoms with Crippen LogP contribution >= 0.6 is 0 Å². The molecule has 0 atom stereocenters. The zero-order chi connectivity index (χ0) is 21.9. The first-order chi connectivity index (χ1) is 15.7. The Labute approximate surface area is 183 Å². The molecular formula is C24H20N6O2. The number of benzene rings is 1. The van der Waals surface area contributed by atoms with E-state index in [-0.39, 0.29) is 11.8 Å². The van der Waals surface area contributed by atoms with Crippen LogP contribution in [0, 0.1) is 0 Å². The van der Waals surface area contributed by atoms with Gasteiger partial charge in [-0.2, -0.15) is 0 Å². The highest BCUT2D eigenvalue weighted by atomic mass is 16.2. The summed E-state index contributed by atoms with van der Waals surface area (Å²) in [5, 5.41) is 5.85. The largest absolute Gasteiger partial charge is 0.348 e. The highest BCUT2D eigenvalue weighted by Gasteiger charge is 2.08. The average Bonchev–Trinajstić information content (AvgIpc) is 3.49. The van der Waals surface area contributed by atoms with Crippen LogP contribution in [-0.2, 0) is 13.1 Å². The molecule has 5 rings (SSSR count). The fraction of sp³-hybridized carbons (Fsp3) is 0.0833. The van der Waals surface area contributed by atoms with Crippen molar-refractivity contribution in [1.82, 2.24) is 29.4 Å². The van der Waals surface area contributed by atoms with Gasteiger partial charge >= 0.3 is 0 Å². The Kier molecular flexibility index (Phi) is 5.09. The van der Waals surface area contributed by atoms with Gasteiger partial charge in [0.15, 0.2) is 0 Å². The minimum Gasteiger partial charge on any atom is -0.348 e. The molecule has 0 aliphatic heterocycles. The van der Waals surface area contributed by atoms with E-state index in [1.165, 1.54) is 0 Å². The Morgan fingerprint density at radius 2 is 1.09 bits per heavy atom. The molecule has 4 heterocycles. The number of pyridine rings is 2. The van der Waals surface area contributed by atoms with Gasteiger partial charge in [0.25, 0.3) is 11.8 Å². The van der Waals surface area contributed by atoms with Crippen molar-refractivity contribution in [1.29, 1.82) is 0 Å². The molecule has 0 fully saturated rings. The van der Waals surface area contributed by atoms with Crippen molar-refractivity contribution in [2.75, 3.05) is 0 Å². The summed E-state index contributed by atoms with van der Waals surface area (Å²) in [6, 6.07) is 15.1. The van der Waals surface area contributed by atoms with E-state index in [1.807, 2.05) is 45.2 Å². The number of nitrogens with zero attached hydrogens (tertiary/aromatic N) is 4. The van der Waals surface area contributed by atoms with Crippen molar-refractivity contribution in [3.8, 4) is 0 Å². The number of carbonyl (C=O) groups excluding carboxylic acids is 2. The summed E-state index contributed by atoms with van der Waals surface area (Å²) in [4.78, 5) is 33.0. The lowest BCUT2D eigenvalue weighted by Gasteiger charge is -2.09. The minimum absolute atomic E-state index is 0.146. The van der Waals surface area contributed by atoms with E-state index in [0.717, 1.165) is 22.2 Å². The van der Waals surface area contributed by atoms with Crippen LogP contribution in [0.25, 0.3) is 11.0 Å². The van der Waals surface area contributed by atoms with Crippen molar-refractivity contribution in [2.24, 2.45) is 0 Å². The molecule has 158 valence electrons. The second-order valence-corrected chi connectivity index (χ2v) is 7.47. The molecule has 8 heteroatoms. The van der Waals surface area contributed by atoms with Crippen LogP contribution in [-0.4, -0.2) is 30.6 Å². The van der Waals surface area contributed by atoms with Gasteiger partial charge in [0.1, 0.15) is 0 Å². The van der Waals surface area contributed by atoms with Gasteiger partial charge < -0.3 is 19.4 Å². The van der Waals surface area contributed by atoms with Gasteiger partial charge in [0, 0.05) is 25.5 Å². The summed E-state index contributed by atoms with van der Waals surface area (Å²) in [6.45, 7) is 0.830. The number of hydrogen-bond donors (Lipinski definition) is 2. The van der Waals surface area contributed by atoms with Crippen molar-refractivity contribution < 1.29 is 9.59 Å². The number of amides is 2. The van der Waals surface area contributed by atoms with E-state index < -0.39 is 0 Å². The molecule has 0 aliphatic rings. The lowest BCUT2D eigenvalue weighted by Crippen LogP contribution is -2.24. The van der Waals surface area contributed by atoms with Gasteiger partial charge in [-0.15, -0.1) is 0 Å². The Morgan fingerprint density at radius 1 is 0.656 bits per heavy atom. The Hall–Kier alpha value is -4.46. The Morgan fingerprint density at radius 3 is 1.53 bits per heavy atom. The summed E-state index contributed by atoms with van der Waals surface area (Å²) in [5.41, 5.74) is 4.97. The zero-order valence-electron chi connectivity index (χ0n) is 17.1. The van der Waals surface area contributed by atoms with E-state index in [9.17, 15) is 9.59 Å². The predicted octanol–water partition coefficient (Wildman–Crippen LogP) is 2.84. The molecule has 0 bridgehead atoms. The quantitative estimate of drug-likeness (QED) is 0.438. The number of aromatic nitrogens is 4. The maximum Gasteiger partial charge on any atom is 0.253 e. The number of carbonyl (C=O) groups is 2. The lowest BCUT2D eigenvalue weighted by molar-refractivity contribution is 0.0942. The molecule has 5 aromatic rings. The van der Waals surface area contributed by atoms with Crippen LogP contribution in [0.5, 0.6) is 0 Å². The van der Waals surface area contributed by atoms with E-state index >= 15 is 0 Å². The van der Waals surface area contributed by atoms with Gasteiger partial charge in [-0.05, 0) is 35.4 Å². The summed E-state index contributed by atoms with van der Waals surface area (Å²) in [5.74, 6) is -0.293. The van der Waals surface area contributed by atoms with Crippen molar-refractivity contribution >= 4 is 22.8 Å². The molecule has 0 saturated carbocycles. The second-order valence-electron chi connectivity index (χ2n) is 7.47. The first-order valence-electron chi connectivity index (χ1n) is 10.1. The molecule has 1 aromatic carbocycles. The van der Waals surface area contributed by atoms with E-state index in [0.29, 0.717) is 24.2 Å². The SMILES string of the molecule is O=C(NCc1ccc(CNC(=O)c2ccc3cncn3c2)cc1)c1ccc2cncn2c1. The summed E-state index contributed by atoms with van der Waals surface area (Å²) in [7, 11) is 0. The predicted molar refractivity (Wildman–Crippen MR) is 119 cm³/mol. The molecule has 2 amide bonds. The summed E-state index contributed by atoms with van der Waals surface area (Å²) in [6.07, 6.45) is 10.3. The molecule has 0 spiro atoms. The third kappa shape index (κ3) is 4.06. The number of nitrogens with one attached hydrogen (secondary N) is 2. The summed E-state index contributed by atoms with van der Waals surface area (Å²) < 4.78 is 3.62. The van der Waals surface area contributed by atoms with Gasteiger partial charge in [-0.1, -0.05) is 24.3 Å². The first kappa shape index (κ1) is 19.5. The molecule has 0 saturated heterocycles. The van der Waals surface area contributed by atoms with Crippen molar-refractivity contribution in [3.05, 3.63) is 108 Å². The minimum atomic E-state index is -0.146. The first-order valence-corrected chi connectivity index (χ1v) is 10.1. The molecule has 0 aliphatic carbocycles. The number of hydrogen-bond acceptors (Lipinski definition) is 4. The number of fused-ring (bicyclic) bond motifs is 2. The molecular weight excluding hydrogens is 404 g/mol. The molecule has 0 radical (unpaired) electrons. The highest BCUT2D eigenvalue weighted by molar-refractivity contribution is 5.94. The molecule has 0 unspecified atom stereocenters. The van der Waals surface area contributed by atoms with E-state index in [2.05, 4.69) is 20.6 Å². The lowest BCUT2D eigenvalue weighted by atomic mass is 10.1. The van der Waals surface area contributed by atoms with Gasteiger partial charge in [0.05, 0.1) is 47.2 Å². The van der Waals surface area contributed by atoms with Gasteiger partial charge in [-0.3, -0.25) is 9.59 Å². The monoisotopic (exact) mass is 424 g/mol. The normalized spacial score (nSPS) is 11.0. The van der Waals surface area contributed by atoms with E-state index in [4.69, 9.17) is 0 Å². The third-order valence-corrected chi connectivity index (χ3v) is 5.27. The fourth-order valence-electron chi connectivity index (χ4n) is 3.45. The Bertz CT molecular complexity index is 1310. The van der Waals surface area contributed by atoms with Crippen LogP contribution in [0.15, 0.2) is 86.0 Å². The van der Waals surface area contributed by atoms with Crippen molar-refractivity contribution in [2.45, 2.75) is 13.1 Å². The molecule has 4 aromatic heterocycles. The average molecular weight is 424 g/mol. The van der Waals surface area contributed by atoms with Crippen LogP contribution in [0.2, 0.25) is 0 Å². The zero-order valence-corrected chi connectivity index (χ0v) is 17.1. The number of imidazole rings is 2. The van der Waals surface area contributed by atoms with Gasteiger partial charge in [0.2, 0.25) is 0 Å². The van der Waals surface area contributed by atoms with Crippen LogP contribution in [0.1, 0.15) is 31.8 Å².